The summed E-state index contributed by atoms with van der Waals surface area (Å²) in [6.45, 7) is 0.634. The molecule has 2 aliphatic rings. The van der Waals surface area contributed by atoms with Gasteiger partial charge in [-0.25, -0.2) is 0 Å². The van der Waals surface area contributed by atoms with Crippen LogP contribution in [0, 0.1) is 17.8 Å². The third-order valence-electron chi connectivity index (χ3n) is 6.20. The number of aryl methyl sites for hydroxylation is 1. The number of rotatable bonds is 7. The van der Waals surface area contributed by atoms with E-state index in [-0.39, 0.29) is 11.9 Å². The Kier molecular flexibility index (Phi) is 7.10. The summed E-state index contributed by atoms with van der Waals surface area (Å²) in [6.07, 6.45) is 13.7. The van der Waals surface area contributed by atoms with Gasteiger partial charge in [0.25, 0.3) is 0 Å². The molecule has 3 rings (SSSR count). The van der Waals surface area contributed by atoms with Crippen molar-refractivity contribution in [2.75, 3.05) is 6.61 Å². The zero-order valence-electron chi connectivity index (χ0n) is 15.7. The summed E-state index contributed by atoms with van der Waals surface area (Å²) in [6, 6.07) is 8.36. The normalized spacial score (nSPS) is 24.7. The second-order valence-electron chi connectivity index (χ2n) is 7.89. The van der Waals surface area contributed by atoms with Gasteiger partial charge in [0.15, 0.2) is 0 Å². The molecule has 1 aromatic carbocycles. The van der Waals surface area contributed by atoms with E-state index in [9.17, 15) is 4.79 Å². The fourth-order valence-electron chi connectivity index (χ4n) is 4.79. The smallest absolute Gasteiger partial charge is 0.309 e. The third kappa shape index (κ3) is 5.09. The van der Waals surface area contributed by atoms with Crippen LogP contribution in [0.4, 0.5) is 0 Å². The third-order valence-corrected chi connectivity index (χ3v) is 6.20. The van der Waals surface area contributed by atoms with Crippen molar-refractivity contribution in [3.63, 3.8) is 0 Å². The van der Waals surface area contributed by atoms with Crippen molar-refractivity contribution in [2.24, 2.45) is 28.7 Å². The fraction of sp³-hybridized carbons (Fsp3) is 0.636. The molecule has 1 aromatic rings. The molecule has 4 nitrogen and oxygen atoms in total. The molecular weight excluding hydrogens is 324 g/mol. The van der Waals surface area contributed by atoms with Crippen molar-refractivity contribution >= 4 is 12.2 Å². The minimum absolute atomic E-state index is 0.0669. The molecule has 4 heteroatoms. The van der Waals surface area contributed by atoms with Crippen LogP contribution in [-0.2, 0) is 16.0 Å². The number of unbranched alkanes of at least 4 members (excludes halogenated alkanes) is 1. The Morgan fingerprint density at radius 1 is 1.08 bits per heavy atom. The lowest BCUT2D eigenvalue weighted by molar-refractivity contribution is -0.159. The minimum Gasteiger partial charge on any atom is -0.465 e. The molecule has 0 aromatic heterocycles. The number of hydrazone groups is 1. The van der Waals surface area contributed by atoms with Crippen LogP contribution in [0.25, 0.3) is 0 Å². The number of nitrogens with two attached hydrogens (primary N) is 1. The van der Waals surface area contributed by atoms with E-state index in [1.54, 1.807) is 6.21 Å². The predicted molar refractivity (Wildman–Crippen MR) is 105 cm³/mol. The maximum atomic E-state index is 12.4. The average molecular weight is 357 g/mol. The van der Waals surface area contributed by atoms with E-state index in [0.29, 0.717) is 12.5 Å². The quantitative estimate of drug-likeness (QED) is 0.258. The molecular formula is C22H32N2O2. The molecule has 2 fully saturated rings. The molecule has 1 aliphatic carbocycles. The molecule has 0 amide bonds. The van der Waals surface area contributed by atoms with Crippen molar-refractivity contribution in [3.05, 3.63) is 35.4 Å². The summed E-state index contributed by atoms with van der Waals surface area (Å²) in [7, 11) is 0. The highest BCUT2D eigenvalue weighted by Gasteiger charge is 2.38. The second kappa shape index (κ2) is 9.75. The zero-order chi connectivity index (χ0) is 18.2. The first-order valence-electron chi connectivity index (χ1n) is 10.3. The lowest BCUT2D eigenvalue weighted by Crippen LogP contribution is -2.37. The van der Waals surface area contributed by atoms with Gasteiger partial charge >= 0.3 is 5.97 Å². The first-order valence-corrected chi connectivity index (χ1v) is 10.3. The summed E-state index contributed by atoms with van der Waals surface area (Å²) in [5.41, 5.74) is 2.35. The number of carbonyl (C=O) groups excluding carboxylic acids is 1. The number of carbonyl (C=O) groups is 1. The topological polar surface area (TPSA) is 64.7 Å². The summed E-state index contributed by atoms with van der Waals surface area (Å²) >= 11 is 0. The number of nitrogens with zero attached hydrogens (tertiary/aromatic N) is 1. The van der Waals surface area contributed by atoms with Gasteiger partial charge in [0.2, 0.25) is 0 Å². The lowest BCUT2D eigenvalue weighted by atomic mass is 9.70. The highest BCUT2D eigenvalue weighted by atomic mass is 16.5. The van der Waals surface area contributed by atoms with Gasteiger partial charge in [-0.15, -0.1) is 0 Å². The van der Waals surface area contributed by atoms with Crippen molar-refractivity contribution in [1.29, 1.82) is 0 Å². The van der Waals surface area contributed by atoms with Crippen LogP contribution in [-0.4, -0.2) is 18.8 Å². The van der Waals surface area contributed by atoms with E-state index in [2.05, 4.69) is 17.2 Å². The van der Waals surface area contributed by atoms with Gasteiger partial charge < -0.3 is 10.6 Å². The van der Waals surface area contributed by atoms with Crippen molar-refractivity contribution in [2.45, 2.75) is 64.2 Å². The van der Waals surface area contributed by atoms with E-state index in [0.717, 1.165) is 43.6 Å². The number of ether oxygens (including phenoxy) is 1. The van der Waals surface area contributed by atoms with Gasteiger partial charge in [-0.2, -0.15) is 5.10 Å². The van der Waals surface area contributed by atoms with Gasteiger partial charge in [-0.1, -0.05) is 62.8 Å². The van der Waals surface area contributed by atoms with Gasteiger partial charge in [0.05, 0.1) is 18.7 Å². The molecule has 1 saturated carbocycles. The number of cyclic esters (lactones) is 1. The molecule has 0 spiro atoms. The number of hydrogen-bond donors (Lipinski definition) is 1. The highest BCUT2D eigenvalue weighted by Crippen LogP contribution is 2.40. The van der Waals surface area contributed by atoms with Crippen LogP contribution in [0.5, 0.6) is 0 Å². The molecule has 1 saturated heterocycles. The Morgan fingerprint density at radius 3 is 2.58 bits per heavy atom. The van der Waals surface area contributed by atoms with Crippen LogP contribution < -0.4 is 5.84 Å². The van der Waals surface area contributed by atoms with Crippen molar-refractivity contribution in [3.8, 4) is 0 Å². The molecule has 0 bridgehead atoms. The Hall–Kier alpha value is -1.84. The fourth-order valence-corrected chi connectivity index (χ4v) is 4.79. The van der Waals surface area contributed by atoms with Crippen molar-refractivity contribution in [1.82, 2.24) is 0 Å². The molecule has 2 N–H and O–H groups in total. The summed E-state index contributed by atoms with van der Waals surface area (Å²) < 4.78 is 5.40. The number of benzene rings is 1. The van der Waals surface area contributed by atoms with E-state index in [1.807, 2.05) is 12.1 Å². The SMILES string of the molecule is NN=Cc1ccc(CCCCC2C(=O)OCCC2C2CCCCC2)cc1. The van der Waals surface area contributed by atoms with E-state index >= 15 is 0 Å². The van der Waals surface area contributed by atoms with Crippen LogP contribution in [0.15, 0.2) is 29.4 Å². The Labute approximate surface area is 157 Å². The van der Waals surface area contributed by atoms with Gasteiger partial charge in [0, 0.05) is 0 Å². The van der Waals surface area contributed by atoms with Gasteiger partial charge in [-0.05, 0) is 48.6 Å². The van der Waals surface area contributed by atoms with E-state index in [4.69, 9.17) is 10.6 Å². The van der Waals surface area contributed by atoms with Crippen LogP contribution >= 0.6 is 0 Å². The molecule has 0 radical (unpaired) electrons. The maximum Gasteiger partial charge on any atom is 0.309 e. The molecule has 142 valence electrons. The summed E-state index contributed by atoms with van der Waals surface area (Å²) in [5, 5.41) is 3.55. The Bertz CT molecular complexity index is 591. The van der Waals surface area contributed by atoms with Crippen LogP contribution in [0.1, 0.15) is 68.9 Å². The van der Waals surface area contributed by atoms with Gasteiger partial charge in [-0.3, -0.25) is 4.79 Å². The Morgan fingerprint density at radius 2 is 1.85 bits per heavy atom. The molecule has 1 heterocycles. The van der Waals surface area contributed by atoms with Crippen molar-refractivity contribution < 1.29 is 9.53 Å². The van der Waals surface area contributed by atoms with Crippen LogP contribution in [0.3, 0.4) is 0 Å². The highest BCUT2D eigenvalue weighted by molar-refractivity contribution is 5.79. The monoisotopic (exact) mass is 356 g/mol. The molecule has 2 atom stereocenters. The maximum absolute atomic E-state index is 12.4. The molecule has 1 aliphatic heterocycles. The summed E-state index contributed by atoms with van der Waals surface area (Å²) in [4.78, 5) is 12.4. The standard InChI is InChI=1S/C22H32N2O2/c23-24-16-18-12-10-17(11-13-18)6-4-5-9-21-20(14-15-26-22(21)25)19-7-2-1-3-8-19/h10-13,16,19-21H,1-9,14-15,23H2. The summed E-state index contributed by atoms with van der Waals surface area (Å²) in [5.74, 6) is 6.69. The first kappa shape index (κ1) is 18.9. The first-order chi connectivity index (χ1) is 12.8. The lowest BCUT2D eigenvalue weighted by Gasteiger charge is -2.37. The Balaban J connectivity index is 1.47. The average Bonchev–Trinajstić information content (AvgIpc) is 2.68. The second-order valence-corrected chi connectivity index (χ2v) is 7.89. The number of esters is 1. The molecule has 2 unspecified atom stereocenters. The number of hydrogen-bond acceptors (Lipinski definition) is 4. The predicted octanol–water partition coefficient (Wildman–Crippen LogP) is 4.45. The molecule has 26 heavy (non-hydrogen) atoms. The zero-order valence-corrected chi connectivity index (χ0v) is 15.7. The van der Waals surface area contributed by atoms with Crippen LogP contribution in [0.2, 0.25) is 0 Å². The van der Waals surface area contributed by atoms with Gasteiger partial charge in [0.1, 0.15) is 0 Å². The largest absolute Gasteiger partial charge is 0.465 e. The van der Waals surface area contributed by atoms with E-state index in [1.165, 1.54) is 37.7 Å². The minimum atomic E-state index is 0.0669. The van der Waals surface area contributed by atoms with E-state index < -0.39 is 0 Å².